The number of carbonyl (C=O) groups is 1. The van der Waals surface area contributed by atoms with Gasteiger partial charge in [-0.15, -0.1) is 11.3 Å². The van der Waals surface area contributed by atoms with Gasteiger partial charge < -0.3 is 0 Å². The van der Waals surface area contributed by atoms with E-state index < -0.39 is 0 Å². The smallest absolute Gasteiger partial charge is 0.258 e. The third kappa shape index (κ3) is 4.41. The highest BCUT2D eigenvalue weighted by atomic mass is 32.1. The van der Waals surface area contributed by atoms with Gasteiger partial charge in [-0.25, -0.2) is 9.97 Å². The molecule has 162 valence electrons. The predicted molar refractivity (Wildman–Crippen MR) is 137 cm³/mol. The number of anilines is 1. The number of aryl methyl sites for hydroxylation is 2. The summed E-state index contributed by atoms with van der Waals surface area (Å²) < 4.78 is 0. The molecule has 0 saturated heterocycles. The lowest BCUT2D eigenvalue weighted by atomic mass is 10.0. The number of fused-ring (bicyclic) bond motifs is 1. The number of aromatic nitrogens is 2. The van der Waals surface area contributed by atoms with E-state index in [2.05, 4.69) is 47.6 Å². The van der Waals surface area contributed by atoms with Gasteiger partial charge in [0.25, 0.3) is 5.91 Å². The van der Waals surface area contributed by atoms with Crippen LogP contribution in [0.4, 0.5) is 5.13 Å². The van der Waals surface area contributed by atoms with Crippen LogP contribution in [0.25, 0.3) is 33.4 Å². The summed E-state index contributed by atoms with van der Waals surface area (Å²) in [5.74, 6) is -0.190. The van der Waals surface area contributed by atoms with Gasteiger partial charge in [0.2, 0.25) is 0 Å². The number of hydrogen-bond acceptors (Lipinski definition) is 4. The molecule has 33 heavy (non-hydrogen) atoms. The summed E-state index contributed by atoms with van der Waals surface area (Å²) >= 11 is 1.43. The summed E-state index contributed by atoms with van der Waals surface area (Å²) in [6.07, 6.45) is 1.00. The fourth-order valence-electron chi connectivity index (χ4n) is 3.85. The van der Waals surface area contributed by atoms with E-state index in [0.29, 0.717) is 10.7 Å². The second-order valence-electron chi connectivity index (χ2n) is 7.98. The third-order valence-corrected chi connectivity index (χ3v) is 6.41. The molecule has 0 bridgehead atoms. The molecule has 1 amide bonds. The van der Waals surface area contributed by atoms with E-state index in [-0.39, 0.29) is 5.91 Å². The van der Waals surface area contributed by atoms with Crippen LogP contribution in [0.15, 0.2) is 84.2 Å². The first kappa shape index (κ1) is 21.0. The molecule has 5 aromatic rings. The highest BCUT2D eigenvalue weighted by molar-refractivity contribution is 7.14. The molecule has 0 aliphatic rings. The quantitative estimate of drug-likeness (QED) is 0.310. The number of nitrogens with zero attached hydrogens (tertiary/aromatic N) is 2. The van der Waals surface area contributed by atoms with Crippen LogP contribution in [0.1, 0.15) is 28.4 Å². The molecule has 0 saturated carbocycles. The Morgan fingerprint density at radius 1 is 0.879 bits per heavy atom. The van der Waals surface area contributed by atoms with Crippen LogP contribution < -0.4 is 5.32 Å². The van der Waals surface area contributed by atoms with Gasteiger partial charge in [-0.05, 0) is 37.1 Å². The first-order valence-electron chi connectivity index (χ1n) is 10.9. The molecule has 0 unspecified atom stereocenters. The maximum absolute atomic E-state index is 13.3. The number of pyridine rings is 1. The average molecular weight is 450 g/mol. The Balaban J connectivity index is 1.47. The van der Waals surface area contributed by atoms with E-state index in [4.69, 9.17) is 4.98 Å². The van der Waals surface area contributed by atoms with Crippen molar-refractivity contribution in [1.82, 2.24) is 9.97 Å². The Bertz CT molecular complexity index is 1450. The van der Waals surface area contributed by atoms with E-state index in [1.54, 1.807) is 0 Å². The molecular formula is C28H23N3OS. The fourth-order valence-corrected chi connectivity index (χ4v) is 4.57. The molecule has 2 heterocycles. The Morgan fingerprint density at radius 3 is 2.48 bits per heavy atom. The molecule has 0 aliphatic carbocycles. The van der Waals surface area contributed by atoms with Crippen molar-refractivity contribution < 1.29 is 4.79 Å². The number of amides is 1. The molecule has 3 aromatic carbocycles. The van der Waals surface area contributed by atoms with Crippen LogP contribution in [0.2, 0.25) is 0 Å². The van der Waals surface area contributed by atoms with E-state index in [0.717, 1.165) is 45.4 Å². The molecule has 2 aromatic heterocycles. The highest BCUT2D eigenvalue weighted by Gasteiger charge is 2.16. The topological polar surface area (TPSA) is 54.9 Å². The van der Waals surface area contributed by atoms with Gasteiger partial charge in [-0.2, -0.15) is 0 Å². The van der Waals surface area contributed by atoms with Crippen molar-refractivity contribution in [2.24, 2.45) is 0 Å². The van der Waals surface area contributed by atoms with Gasteiger partial charge in [0.05, 0.1) is 22.5 Å². The molecular weight excluding hydrogens is 426 g/mol. The van der Waals surface area contributed by atoms with Crippen LogP contribution in [-0.2, 0) is 6.42 Å². The SMILES string of the molecule is CCc1ccc(-c2csc(NC(=O)c3cc(-c4cccc(C)c4)nc4ccccc34)n2)cc1. The van der Waals surface area contributed by atoms with Gasteiger partial charge >= 0.3 is 0 Å². The maximum atomic E-state index is 13.3. The van der Waals surface area contributed by atoms with Crippen LogP contribution >= 0.6 is 11.3 Å². The lowest BCUT2D eigenvalue weighted by molar-refractivity contribution is 0.102. The number of para-hydroxylation sites is 1. The molecule has 0 fully saturated rings. The number of benzene rings is 3. The zero-order chi connectivity index (χ0) is 22.8. The van der Waals surface area contributed by atoms with Gasteiger partial charge in [0.1, 0.15) is 0 Å². The Labute approximate surface area is 197 Å². The van der Waals surface area contributed by atoms with Crippen molar-refractivity contribution in [2.75, 3.05) is 5.32 Å². The normalized spacial score (nSPS) is 11.0. The minimum atomic E-state index is -0.190. The van der Waals surface area contributed by atoms with E-state index in [9.17, 15) is 4.79 Å². The van der Waals surface area contributed by atoms with Crippen molar-refractivity contribution >= 4 is 33.3 Å². The van der Waals surface area contributed by atoms with E-state index in [1.807, 2.05) is 60.8 Å². The number of hydrogen-bond donors (Lipinski definition) is 1. The molecule has 0 radical (unpaired) electrons. The van der Waals surface area contributed by atoms with Crippen molar-refractivity contribution in [3.63, 3.8) is 0 Å². The molecule has 0 atom stereocenters. The Morgan fingerprint density at radius 2 is 1.70 bits per heavy atom. The largest absolute Gasteiger partial charge is 0.298 e. The molecule has 4 nitrogen and oxygen atoms in total. The monoisotopic (exact) mass is 449 g/mol. The number of nitrogens with one attached hydrogen (secondary N) is 1. The van der Waals surface area contributed by atoms with Gasteiger partial charge in [0, 0.05) is 21.9 Å². The minimum absolute atomic E-state index is 0.190. The van der Waals surface area contributed by atoms with Crippen LogP contribution in [0.3, 0.4) is 0 Å². The summed E-state index contributed by atoms with van der Waals surface area (Å²) in [5.41, 5.74) is 7.48. The Hall–Kier alpha value is -3.83. The minimum Gasteiger partial charge on any atom is -0.298 e. The summed E-state index contributed by atoms with van der Waals surface area (Å²) in [7, 11) is 0. The average Bonchev–Trinajstić information content (AvgIpc) is 3.31. The van der Waals surface area contributed by atoms with Crippen LogP contribution in [-0.4, -0.2) is 15.9 Å². The van der Waals surface area contributed by atoms with Gasteiger partial charge in [0.15, 0.2) is 5.13 Å². The predicted octanol–water partition coefficient (Wildman–Crippen LogP) is 7.15. The van der Waals surface area contributed by atoms with Gasteiger partial charge in [-0.3, -0.25) is 10.1 Å². The molecule has 0 aliphatic heterocycles. The zero-order valence-corrected chi connectivity index (χ0v) is 19.3. The number of rotatable bonds is 5. The van der Waals surface area contributed by atoms with Crippen molar-refractivity contribution in [3.8, 4) is 22.5 Å². The molecule has 5 heteroatoms. The van der Waals surface area contributed by atoms with Crippen molar-refractivity contribution in [3.05, 3.63) is 101 Å². The van der Waals surface area contributed by atoms with Crippen molar-refractivity contribution in [2.45, 2.75) is 20.3 Å². The lowest BCUT2D eigenvalue weighted by Gasteiger charge is -2.10. The number of carbonyl (C=O) groups excluding carboxylic acids is 1. The number of thiazole rings is 1. The van der Waals surface area contributed by atoms with E-state index in [1.165, 1.54) is 16.9 Å². The summed E-state index contributed by atoms with van der Waals surface area (Å²) in [5, 5.41) is 6.36. The van der Waals surface area contributed by atoms with Gasteiger partial charge in [-0.1, -0.05) is 73.2 Å². The third-order valence-electron chi connectivity index (χ3n) is 5.66. The van der Waals surface area contributed by atoms with E-state index >= 15 is 0 Å². The molecule has 5 rings (SSSR count). The van der Waals surface area contributed by atoms with Crippen LogP contribution in [0.5, 0.6) is 0 Å². The maximum Gasteiger partial charge on any atom is 0.258 e. The molecule has 1 N–H and O–H groups in total. The summed E-state index contributed by atoms with van der Waals surface area (Å²) in [6.45, 7) is 4.19. The lowest BCUT2D eigenvalue weighted by Crippen LogP contribution is -2.13. The summed E-state index contributed by atoms with van der Waals surface area (Å²) in [6, 6.07) is 26.1. The van der Waals surface area contributed by atoms with Crippen LogP contribution in [0, 0.1) is 6.92 Å². The second-order valence-corrected chi connectivity index (χ2v) is 8.84. The summed E-state index contributed by atoms with van der Waals surface area (Å²) in [4.78, 5) is 22.8. The highest BCUT2D eigenvalue weighted by Crippen LogP contribution is 2.28. The fraction of sp³-hybridized carbons (Fsp3) is 0.107. The van der Waals surface area contributed by atoms with Crippen molar-refractivity contribution in [1.29, 1.82) is 0 Å². The first-order chi connectivity index (χ1) is 16.1. The standard InChI is InChI=1S/C28H23N3OS/c1-3-19-11-13-20(14-12-19)26-17-33-28(30-26)31-27(32)23-16-25(21-8-6-7-18(2)15-21)29-24-10-5-4-9-22(23)24/h4-17H,3H2,1-2H3,(H,30,31,32). The zero-order valence-electron chi connectivity index (χ0n) is 18.5. The Kier molecular flexibility index (Phi) is 5.71. The second kappa shape index (κ2) is 8.96. The first-order valence-corrected chi connectivity index (χ1v) is 11.8. The molecule has 0 spiro atoms.